The SMILES string of the molecule is O=C(C=Cc1cccc(F)c1F)c1ccc(F)cc1F. The zero-order valence-corrected chi connectivity index (χ0v) is 10.0. The summed E-state index contributed by atoms with van der Waals surface area (Å²) in [5.74, 6) is -4.74. The molecule has 0 saturated carbocycles. The third kappa shape index (κ3) is 2.93. The minimum Gasteiger partial charge on any atom is -0.289 e. The van der Waals surface area contributed by atoms with Gasteiger partial charge in [-0.1, -0.05) is 12.1 Å². The number of carbonyl (C=O) groups excluding carboxylic acids is 1. The number of allylic oxidation sites excluding steroid dienone is 1. The van der Waals surface area contributed by atoms with Gasteiger partial charge >= 0.3 is 0 Å². The molecular formula is C15H8F4O. The minimum absolute atomic E-state index is 0.138. The third-order valence-electron chi connectivity index (χ3n) is 2.59. The quantitative estimate of drug-likeness (QED) is 0.469. The molecule has 0 spiro atoms. The summed E-state index contributed by atoms with van der Waals surface area (Å²) in [4.78, 5) is 11.7. The van der Waals surface area contributed by atoms with E-state index in [0.717, 1.165) is 30.4 Å². The molecule has 0 unspecified atom stereocenters. The first-order valence-corrected chi connectivity index (χ1v) is 5.60. The van der Waals surface area contributed by atoms with Crippen LogP contribution in [0.4, 0.5) is 17.6 Å². The van der Waals surface area contributed by atoms with E-state index < -0.39 is 29.1 Å². The van der Waals surface area contributed by atoms with Crippen molar-refractivity contribution in [2.45, 2.75) is 0 Å². The van der Waals surface area contributed by atoms with Crippen molar-refractivity contribution in [3.63, 3.8) is 0 Å². The van der Waals surface area contributed by atoms with Crippen LogP contribution in [0.1, 0.15) is 15.9 Å². The second kappa shape index (κ2) is 5.69. The van der Waals surface area contributed by atoms with Gasteiger partial charge in [0.25, 0.3) is 0 Å². The van der Waals surface area contributed by atoms with E-state index in [4.69, 9.17) is 0 Å². The summed E-state index contributed by atoms with van der Waals surface area (Å²) in [6, 6.07) is 5.98. The fourth-order valence-corrected chi connectivity index (χ4v) is 1.59. The van der Waals surface area contributed by atoms with Crippen molar-refractivity contribution < 1.29 is 22.4 Å². The van der Waals surface area contributed by atoms with Gasteiger partial charge in [0, 0.05) is 11.6 Å². The van der Waals surface area contributed by atoms with Gasteiger partial charge in [0.1, 0.15) is 11.6 Å². The monoisotopic (exact) mass is 280 g/mol. The van der Waals surface area contributed by atoms with Crippen molar-refractivity contribution in [3.8, 4) is 0 Å². The molecule has 20 heavy (non-hydrogen) atoms. The van der Waals surface area contributed by atoms with Gasteiger partial charge in [-0.15, -0.1) is 0 Å². The summed E-state index contributed by atoms with van der Waals surface area (Å²) in [6.45, 7) is 0. The number of rotatable bonds is 3. The molecule has 0 N–H and O–H groups in total. The first kappa shape index (κ1) is 14.0. The highest BCUT2D eigenvalue weighted by Crippen LogP contribution is 2.15. The summed E-state index contributed by atoms with van der Waals surface area (Å²) in [7, 11) is 0. The second-order valence-electron chi connectivity index (χ2n) is 3.96. The smallest absolute Gasteiger partial charge is 0.188 e. The predicted molar refractivity (Wildman–Crippen MR) is 66.1 cm³/mol. The zero-order valence-electron chi connectivity index (χ0n) is 10.0. The number of hydrogen-bond acceptors (Lipinski definition) is 1. The molecule has 102 valence electrons. The number of carbonyl (C=O) groups is 1. The molecule has 0 aromatic heterocycles. The van der Waals surface area contributed by atoms with E-state index in [1.807, 2.05) is 0 Å². The van der Waals surface area contributed by atoms with Crippen LogP contribution in [0.2, 0.25) is 0 Å². The largest absolute Gasteiger partial charge is 0.289 e. The van der Waals surface area contributed by atoms with E-state index in [0.29, 0.717) is 6.07 Å². The topological polar surface area (TPSA) is 17.1 Å². The second-order valence-corrected chi connectivity index (χ2v) is 3.96. The van der Waals surface area contributed by atoms with Gasteiger partial charge in [-0.2, -0.15) is 0 Å². The molecule has 0 bridgehead atoms. The molecular weight excluding hydrogens is 272 g/mol. The van der Waals surface area contributed by atoms with E-state index in [-0.39, 0.29) is 11.1 Å². The lowest BCUT2D eigenvalue weighted by atomic mass is 10.1. The maximum absolute atomic E-state index is 13.3. The Bertz CT molecular complexity index is 692. The van der Waals surface area contributed by atoms with Crippen LogP contribution in [0, 0.1) is 23.3 Å². The molecule has 0 atom stereocenters. The Hall–Kier alpha value is -2.43. The van der Waals surface area contributed by atoms with Crippen LogP contribution in [0.5, 0.6) is 0 Å². The van der Waals surface area contributed by atoms with Gasteiger partial charge in [-0.25, -0.2) is 17.6 Å². The fourth-order valence-electron chi connectivity index (χ4n) is 1.59. The summed E-state index contributed by atoms with van der Waals surface area (Å²) in [5, 5.41) is 0. The Kier molecular flexibility index (Phi) is 3.98. The van der Waals surface area contributed by atoms with Gasteiger partial charge in [-0.3, -0.25) is 4.79 Å². The minimum atomic E-state index is -1.10. The fraction of sp³-hybridized carbons (Fsp3) is 0. The standard InChI is InChI=1S/C15H8F4O/c16-10-5-6-11(13(18)8-10)14(20)7-4-9-2-1-3-12(17)15(9)19/h1-8H. The molecule has 2 aromatic rings. The van der Waals surface area contributed by atoms with Crippen LogP contribution in [-0.4, -0.2) is 5.78 Å². The maximum Gasteiger partial charge on any atom is 0.188 e. The molecule has 0 heterocycles. The van der Waals surface area contributed by atoms with Gasteiger partial charge < -0.3 is 0 Å². The van der Waals surface area contributed by atoms with Crippen LogP contribution < -0.4 is 0 Å². The van der Waals surface area contributed by atoms with Crippen molar-refractivity contribution in [2.75, 3.05) is 0 Å². The van der Waals surface area contributed by atoms with Crippen LogP contribution in [0.25, 0.3) is 6.08 Å². The Morgan fingerprint density at radius 2 is 1.70 bits per heavy atom. The number of halogens is 4. The normalized spacial score (nSPS) is 11.0. The molecule has 0 aliphatic rings. The number of hydrogen-bond donors (Lipinski definition) is 0. The molecule has 0 aliphatic heterocycles. The van der Waals surface area contributed by atoms with E-state index in [9.17, 15) is 22.4 Å². The molecule has 1 nitrogen and oxygen atoms in total. The first-order valence-electron chi connectivity index (χ1n) is 5.60. The Morgan fingerprint density at radius 1 is 0.950 bits per heavy atom. The molecule has 0 radical (unpaired) electrons. The average molecular weight is 280 g/mol. The lowest BCUT2D eigenvalue weighted by molar-refractivity contribution is 0.104. The van der Waals surface area contributed by atoms with Crippen LogP contribution in [-0.2, 0) is 0 Å². The lowest BCUT2D eigenvalue weighted by Crippen LogP contribution is -1.99. The molecule has 0 aliphatic carbocycles. The highest BCUT2D eigenvalue weighted by Gasteiger charge is 2.10. The van der Waals surface area contributed by atoms with E-state index >= 15 is 0 Å². The summed E-state index contributed by atoms with van der Waals surface area (Å²) < 4.78 is 52.3. The molecule has 0 amide bonds. The third-order valence-corrected chi connectivity index (χ3v) is 2.59. The number of ketones is 1. The van der Waals surface area contributed by atoms with Crippen molar-refractivity contribution in [3.05, 3.63) is 76.9 Å². The van der Waals surface area contributed by atoms with E-state index in [2.05, 4.69) is 0 Å². The van der Waals surface area contributed by atoms with E-state index in [1.54, 1.807) is 0 Å². The molecule has 2 aromatic carbocycles. The van der Waals surface area contributed by atoms with Gasteiger partial charge in [0.05, 0.1) is 5.56 Å². The lowest BCUT2D eigenvalue weighted by Gasteiger charge is -1.99. The predicted octanol–water partition coefficient (Wildman–Crippen LogP) is 4.14. The summed E-state index contributed by atoms with van der Waals surface area (Å²) >= 11 is 0. The Labute approximate surface area is 112 Å². The van der Waals surface area contributed by atoms with Gasteiger partial charge in [-0.05, 0) is 30.4 Å². The Morgan fingerprint density at radius 3 is 2.40 bits per heavy atom. The molecule has 5 heteroatoms. The van der Waals surface area contributed by atoms with E-state index in [1.165, 1.54) is 12.1 Å². The van der Waals surface area contributed by atoms with Crippen molar-refractivity contribution in [1.29, 1.82) is 0 Å². The van der Waals surface area contributed by atoms with Crippen molar-refractivity contribution >= 4 is 11.9 Å². The van der Waals surface area contributed by atoms with Crippen LogP contribution >= 0.6 is 0 Å². The molecule has 0 saturated heterocycles. The summed E-state index contributed by atoms with van der Waals surface area (Å²) in [6.07, 6.45) is 1.93. The van der Waals surface area contributed by atoms with Crippen LogP contribution in [0.15, 0.2) is 42.5 Å². The Balaban J connectivity index is 2.27. The average Bonchev–Trinajstić information content (AvgIpc) is 2.40. The van der Waals surface area contributed by atoms with Crippen molar-refractivity contribution in [2.24, 2.45) is 0 Å². The summed E-state index contributed by atoms with van der Waals surface area (Å²) in [5.41, 5.74) is -0.486. The van der Waals surface area contributed by atoms with Gasteiger partial charge in [0.2, 0.25) is 0 Å². The number of benzene rings is 2. The molecule has 0 fully saturated rings. The van der Waals surface area contributed by atoms with Crippen molar-refractivity contribution in [1.82, 2.24) is 0 Å². The highest BCUT2D eigenvalue weighted by atomic mass is 19.2. The molecule has 2 rings (SSSR count). The van der Waals surface area contributed by atoms with Gasteiger partial charge in [0.15, 0.2) is 17.4 Å². The zero-order chi connectivity index (χ0) is 14.7. The van der Waals surface area contributed by atoms with Crippen LogP contribution in [0.3, 0.4) is 0 Å². The maximum atomic E-state index is 13.3. The highest BCUT2D eigenvalue weighted by molar-refractivity contribution is 6.06. The first-order chi connectivity index (χ1) is 9.49.